The van der Waals surface area contributed by atoms with Gasteiger partial charge in [0.25, 0.3) is 10.0 Å². The van der Waals surface area contributed by atoms with Crippen LogP contribution in [-0.4, -0.2) is 31.5 Å². The van der Waals surface area contributed by atoms with Crippen molar-refractivity contribution < 1.29 is 18.3 Å². The number of carboxylic acid groups (broad SMARTS) is 1. The Morgan fingerprint density at radius 2 is 2.05 bits per heavy atom. The molecule has 0 aliphatic carbocycles. The van der Waals surface area contributed by atoms with Gasteiger partial charge < -0.3 is 5.11 Å². The van der Waals surface area contributed by atoms with E-state index in [-0.39, 0.29) is 15.5 Å². The molecule has 0 aromatic carbocycles. The molecule has 0 unspecified atom stereocenters. The predicted molar refractivity (Wildman–Crippen MR) is 75.8 cm³/mol. The average molecular weight is 312 g/mol. The zero-order valence-electron chi connectivity index (χ0n) is 10.8. The van der Waals surface area contributed by atoms with Gasteiger partial charge in [-0.05, 0) is 25.1 Å². The number of carbonyl (C=O) groups is 1. The second-order valence-corrected chi connectivity index (χ2v) is 7.56. The van der Waals surface area contributed by atoms with Crippen LogP contribution in [0.2, 0.25) is 0 Å². The molecule has 0 fully saturated rings. The third-order valence-corrected chi connectivity index (χ3v) is 5.92. The summed E-state index contributed by atoms with van der Waals surface area (Å²) in [6, 6.07) is 4.52. The minimum Gasteiger partial charge on any atom is -0.478 e. The summed E-state index contributed by atoms with van der Waals surface area (Å²) in [6.45, 7) is 1.82. The van der Waals surface area contributed by atoms with Crippen LogP contribution in [0.1, 0.15) is 15.2 Å². The van der Waals surface area contributed by atoms with Crippen molar-refractivity contribution in [3.63, 3.8) is 0 Å². The SMILES string of the molecule is Cc1ccc(S(=O)(=O)N(C)c2cncc(C(=O)O)c2)s1. The summed E-state index contributed by atoms with van der Waals surface area (Å²) in [5.41, 5.74) is 0.142. The number of sulfonamides is 1. The number of aromatic carboxylic acids is 1. The van der Waals surface area contributed by atoms with E-state index in [9.17, 15) is 13.2 Å². The van der Waals surface area contributed by atoms with Crippen LogP contribution in [0.3, 0.4) is 0 Å². The normalized spacial score (nSPS) is 11.3. The molecule has 0 aliphatic heterocycles. The van der Waals surface area contributed by atoms with Gasteiger partial charge in [-0.1, -0.05) is 0 Å². The van der Waals surface area contributed by atoms with Gasteiger partial charge in [0.1, 0.15) is 4.21 Å². The highest BCUT2D eigenvalue weighted by Gasteiger charge is 2.23. The number of rotatable bonds is 4. The first-order chi connectivity index (χ1) is 9.32. The summed E-state index contributed by atoms with van der Waals surface area (Å²) < 4.78 is 26.0. The molecule has 2 rings (SSSR count). The largest absolute Gasteiger partial charge is 0.478 e. The van der Waals surface area contributed by atoms with Gasteiger partial charge in [0.05, 0.1) is 17.4 Å². The van der Waals surface area contributed by atoms with E-state index < -0.39 is 16.0 Å². The lowest BCUT2D eigenvalue weighted by atomic mass is 10.3. The van der Waals surface area contributed by atoms with Crippen molar-refractivity contribution in [3.8, 4) is 0 Å². The van der Waals surface area contributed by atoms with Crippen LogP contribution >= 0.6 is 11.3 Å². The molecule has 2 heterocycles. The maximum atomic E-state index is 12.4. The van der Waals surface area contributed by atoms with Crippen LogP contribution < -0.4 is 4.31 Å². The number of nitrogens with zero attached hydrogens (tertiary/aromatic N) is 2. The Morgan fingerprint density at radius 1 is 1.35 bits per heavy atom. The highest BCUT2D eigenvalue weighted by Crippen LogP contribution is 2.27. The molecule has 6 nitrogen and oxygen atoms in total. The summed E-state index contributed by atoms with van der Waals surface area (Å²) in [5, 5.41) is 8.91. The summed E-state index contributed by atoms with van der Waals surface area (Å²) in [5.74, 6) is -1.16. The first kappa shape index (κ1) is 14.5. The van der Waals surface area contributed by atoms with Crippen LogP contribution in [-0.2, 0) is 10.0 Å². The fraction of sp³-hybridized carbons (Fsp3) is 0.167. The quantitative estimate of drug-likeness (QED) is 0.932. The molecule has 1 N–H and O–H groups in total. The fourth-order valence-electron chi connectivity index (χ4n) is 1.54. The van der Waals surface area contributed by atoms with Gasteiger partial charge in [0.15, 0.2) is 0 Å². The fourth-order valence-corrected chi connectivity index (χ4v) is 4.17. The third kappa shape index (κ3) is 2.66. The van der Waals surface area contributed by atoms with Crippen molar-refractivity contribution in [2.45, 2.75) is 11.1 Å². The van der Waals surface area contributed by atoms with Crippen molar-refractivity contribution in [2.24, 2.45) is 0 Å². The Labute approximate surface area is 120 Å². The van der Waals surface area contributed by atoms with Crippen LogP contribution in [0, 0.1) is 6.92 Å². The molecule has 0 atom stereocenters. The van der Waals surface area contributed by atoms with Crippen molar-refractivity contribution >= 4 is 33.0 Å². The predicted octanol–water partition coefficient (Wildman–Crippen LogP) is 1.97. The molecule has 20 heavy (non-hydrogen) atoms. The molecule has 2 aromatic rings. The Balaban J connectivity index is 2.43. The maximum Gasteiger partial charge on any atom is 0.337 e. The monoisotopic (exact) mass is 312 g/mol. The number of thiophene rings is 1. The highest BCUT2D eigenvalue weighted by atomic mass is 32.2. The number of aryl methyl sites for hydroxylation is 1. The molecular formula is C12H12N2O4S2. The van der Waals surface area contributed by atoms with Gasteiger partial charge in [-0.2, -0.15) is 0 Å². The average Bonchev–Trinajstić information content (AvgIpc) is 2.85. The number of hydrogen-bond acceptors (Lipinski definition) is 5. The molecule has 106 valence electrons. The molecule has 0 aliphatic rings. The number of anilines is 1. The van der Waals surface area contributed by atoms with Gasteiger partial charge in [0, 0.05) is 18.1 Å². The molecule has 2 aromatic heterocycles. The van der Waals surface area contributed by atoms with Crippen LogP contribution in [0.4, 0.5) is 5.69 Å². The molecule has 0 spiro atoms. The van der Waals surface area contributed by atoms with E-state index in [1.165, 1.54) is 31.6 Å². The maximum absolute atomic E-state index is 12.4. The molecule has 0 saturated heterocycles. The molecular weight excluding hydrogens is 300 g/mol. The van der Waals surface area contributed by atoms with Gasteiger partial charge in [-0.3, -0.25) is 9.29 Å². The van der Waals surface area contributed by atoms with Crippen molar-refractivity contribution in [1.29, 1.82) is 0 Å². The summed E-state index contributed by atoms with van der Waals surface area (Å²) in [7, 11) is -2.33. The van der Waals surface area contributed by atoms with E-state index in [2.05, 4.69) is 4.98 Å². The summed E-state index contributed by atoms with van der Waals surface area (Å²) in [6.07, 6.45) is 2.48. The number of hydrogen-bond donors (Lipinski definition) is 1. The first-order valence-electron chi connectivity index (χ1n) is 5.56. The zero-order valence-corrected chi connectivity index (χ0v) is 12.4. The zero-order chi connectivity index (χ0) is 14.9. The summed E-state index contributed by atoms with van der Waals surface area (Å²) >= 11 is 1.16. The van der Waals surface area contributed by atoms with Crippen LogP contribution in [0.15, 0.2) is 34.8 Å². The molecule has 0 saturated carbocycles. The van der Waals surface area contributed by atoms with E-state index in [0.717, 1.165) is 20.5 Å². The van der Waals surface area contributed by atoms with Crippen molar-refractivity contribution in [2.75, 3.05) is 11.4 Å². The molecule has 8 heteroatoms. The lowest BCUT2D eigenvalue weighted by Gasteiger charge is -2.18. The summed E-state index contributed by atoms with van der Waals surface area (Å²) in [4.78, 5) is 15.5. The van der Waals surface area contributed by atoms with Gasteiger partial charge in [-0.25, -0.2) is 13.2 Å². The number of carboxylic acids is 1. The smallest absolute Gasteiger partial charge is 0.337 e. The first-order valence-corrected chi connectivity index (χ1v) is 7.82. The second-order valence-electron chi connectivity index (χ2n) is 4.07. The van der Waals surface area contributed by atoms with E-state index in [4.69, 9.17) is 5.11 Å². The van der Waals surface area contributed by atoms with Crippen LogP contribution in [0.5, 0.6) is 0 Å². The van der Waals surface area contributed by atoms with Gasteiger partial charge in [0.2, 0.25) is 0 Å². The van der Waals surface area contributed by atoms with E-state index >= 15 is 0 Å². The van der Waals surface area contributed by atoms with E-state index in [0.29, 0.717) is 0 Å². The third-order valence-electron chi connectivity index (χ3n) is 2.66. The molecule has 0 bridgehead atoms. The van der Waals surface area contributed by atoms with Gasteiger partial charge >= 0.3 is 5.97 Å². The Bertz CT molecular complexity index is 752. The molecule has 0 radical (unpaired) electrons. The topological polar surface area (TPSA) is 87.6 Å². The lowest BCUT2D eigenvalue weighted by molar-refractivity contribution is 0.0696. The van der Waals surface area contributed by atoms with Crippen LogP contribution in [0.25, 0.3) is 0 Å². The second kappa shape index (κ2) is 5.22. The van der Waals surface area contributed by atoms with Gasteiger partial charge in [-0.15, -0.1) is 11.3 Å². The van der Waals surface area contributed by atoms with E-state index in [1.807, 2.05) is 6.92 Å². The minimum absolute atomic E-state index is 0.0630. The lowest BCUT2D eigenvalue weighted by Crippen LogP contribution is -2.26. The minimum atomic E-state index is -3.69. The Kier molecular flexibility index (Phi) is 3.78. The standard InChI is InChI=1S/C12H12N2O4S2/c1-8-3-4-11(19-8)20(17,18)14(2)10-5-9(12(15)16)6-13-7-10/h3-7H,1-2H3,(H,15,16). The van der Waals surface area contributed by atoms with E-state index in [1.54, 1.807) is 6.07 Å². The highest BCUT2D eigenvalue weighted by molar-refractivity contribution is 7.94. The number of pyridine rings is 1. The number of aromatic nitrogens is 1. The molecule has 0 amide bonds. The van der Waals surface area contributed by atoms with Crippen molar-refractivity contribution in [1.82, 2.24) is 4.98 Å². The van der Waals surface area contributed by atoms with Crippen molar-refractivity contribution in [3.05, 3.63) is 41.0 Å². The Hall–Kier alpha value is -1.93. The Morgan fingerprint density at radius 3 is 2.60 bits per heavy atom.